The monoisotopic (exact) mass is 300 g/mol. The molecule has 0 saturated heterocycles. The van der Waals surface area contributed by atoms with Crippen molar-refractivity contribution in [3.05, 3.63) is 28.7 Å². The zero-order chi connectivity index (χ0) is 12.0. The molecule has 2 N–H and O–H groups in total. The van der Waals surface area contributed by atoms with Gasteiger partial charge in [-0.15, -0.1) is 0 Å². The van der Waals surface area contributed by atoms with E-state index in [1.165, 1.54) is 0 Å². The fourth-order valence-corrected chi connectivity index (χ4v) is 2.01. The number of halogens is 1. The Bertz CT molecular complexity index is 337. The highest BCUT2D eigenvalue weighted by Gasteiger charge is 2.02. The Hall–Kier alpha value is -0.610. The molecule has 0 unspecified atom stereocenters. The van der Waals surface area contributed by atoms with Gasteiger partial charge in [0.05, 0.1) is 0 Å². The highest BCUT2D eigenvalue weighted by molar-refractivity contribution is 9.10. The number of hydrogen-bond acceptors (Lipinski definition) is 1. The molecule has 0 heterocycles. The molecule has 0 bridgehead atoms. The molecular weight excluding hydrogens is 284 g/mol. The van der Waals surface area contributed by atoms with Gasteiger partial charge in [-0.2, -0.15) is 0 Å². The fraction of sp³-hybridized carbons (Fsp3) is 0.417. The minimum Gasteiger partial charge on any atom is -0.360 e. The molecule has 0 aliphatic carbocycles. The molecule has 0 aliphatic heterocycles. The summed E-state index contributed by atoms with van der Waals surface area (Å²) in [5.74, 6) is 0. The van der Waals surface area contributed by atoms with Crippen molar-refractivity contribution in [2.75, 3.05) is 5.32 Å². The molecule has 0 fully saturated rings. The maximum Gasteiger partial charge on any atom is 0.170 e. The highest BCUT2D eigenvalue weighted by atomic mass is 79.9. The van der Waals surface area contributed by atoms with Crippen LogP contribution in [-0.2, 0) is 0 Å². The molecule has 88 valence electrons. The van der Waals surface area contributed by atoms with Crippen LogP contribution in [0.4, 0.5) is 5.69 Å². The normalized spacial score (nSPS) is 11.9. The van der Waals surface area contributed by atoms with Crippen LogP contribution in [0, 0.1) is 0 Å². The number of benzene rings is 1. The quantitative estimate of drug-likeness (QED) is 0.824. The Labute approximate surface area is 111 Å². The van der Waals surface area contributed by atoms with Gasteiger partial charge in [0.1, 0.15) is 0 Å². The van der Waals surface area contributed by atoms with Gasteiger partial charge in [-0.25, -0.2) is 0 Å². The van der Waals surface area contributed by atoms with Crippen molar-refractivity contribution < 1.29 is 0 Å². The Morgan fingerprint density at radius 2 is 2.00 bits per heavy atom. The van der Waals surface area contributed by atoms with E-state index in [9.17, 15) is 0 Å². The van der Waals surface area contributed by atoms with Gasteiger partial charge in [0.2, 0.25) is 0 Å². The molecule has 4 heteroatoms. The van der Waals surface area contributed by atoms with Crippen LogP contribution in [0.25, 0.3) is 0 Å². The smallest absolute Gasteiger partial charge is 0.170 e. The van der Waals surface area contributed by atoms with Crippen LogP contribution in [0.1, 0.15) is 26.7 Å². The molecule has 0 aliphatic rings. The minimum atomic E-state index is 0.417. The van der Waals surface area contributed by atoms with Gasteiger partial charge in [-0.05, 0) is 49.8 Å². The predicted octanol–water partition coefficient (Wildman–Crippen LogP) is 3.92. The molecule has 1 atom stereocenters. The summed E-state index contributed by atoms with van der Waals surface area (Å²) in [7, 11) is 0. The van der Waals surface area contributed by atoms with Crippen LogP contribution in [-0.4, -0.2) is 11.2 Å². The molecule has 1 rings (SSSR count). The lowest BCUT2D eigenvalue weighted by Gasteiger charge is -2.16. The van der Waals surface area contributed by atoms with E-state index >= 15 is 0 Å². The van der Waals surface area contributed by atoms with E-state index < -0.39 is 0 Å². The molecule has 16 heavy (non-hydrogen) atoms. The zero-order valence-electron chi connectivity index (χ0n) is 9.59. The van der Waals surface area contributed by atoms with Crippen LogP contribution in [0.15, 0.2) is 28.7 Å². The van der Waals surface area contributed by atoms with E-state index in [0.717, 1.165) is 23.0 Å². The third kappa shape index (κ3) is 4.94. The number of hydrogen-bond donors (Lipinski definition) is 2. The lowest BCUT2D eigenvalue weighted by atomic mass is 10.2. The molecule has 1 aromatic carbocycles. The molecule has 0 aromatic heterocycles. The van der Waals surface area contributed by atoms with Gasteiger partial charge in [0.25, 0.3) is 0 Å². The highest BCUT2D eigenvalue weighted by Crippen LogP contribution is 2.13. The van der Waals surface area contributed by atoms with Crippen molar-refractivity contribution in [2.24, 2.45) is 0 Å². The van der Waals surface area contributed by atoms with E-state index in [1.54, 1.807) is 0 Å². The number of rotatable bonds is 4. The van der Waals surface area contributed by atoms with Crippen molar-refractivity contribution in [1.82, 2.24) is 5.32 Å². The van der Waals surface area contributed by atoms with Gasteiger partial charge >= 0.3 is 0 Å². The van der Waals surface area contributed by atoms with Gasteiger partial charge < -0.3 is 10.6 Å². The Kier molecular flexibility index (Phi) is 5.77. The van der Waals surface area contributed by atoms with Gasteiger partial charge in [-0.1, -0.05) is 29.3 Å². The summed E-state index contributed by atoms with van der Waals surface area (Å²) in [6.45, 7) is 4.31. The van der Waals surface area contributed by atoms with Crippen molar-refractivity contribution in [3.8, 4) is 0 Å². The summed E-state index contributed by atoms with van der Waals surface area (Å²) in [6.07, 6.45) is 2.29. The first kappa shape index (κ1) is 13.5. The SMILES string of the molecule is CCC[C@@H](C)NC(=S)Nc1ccc(Br)cc1. The second kappa shape index (κ2) is 6.86. The second-order valence-electron chi connectivity index (χ2n) is 3.80. The molecular formula is C12H17BrN2S. The number of nitrogens with one attached hydrogen (secondary N) is 2. The Morgan fingerprint density at radius 1 is 1.38 bits per heavy atom. The van der Waals surface area contributed by atoms with Gasteiger partial charge in [0, 0.05) is 16.2 Å². The van der Waals surface area contributed by atoms with Gasteiger partial charge in [0.15, 0.2) is 5.11 Å². The van der Waals surface area contributed by atoms with Crippen LogP contribution >= 0.6 is 28.1 Å². The lowest BCUT2D eigenvalue weighted by Crippen LogP contribution is -2.35. The third-order valence-electron chi connectivity index (χ3n) is 2.20. The molecule has 2 nitrogen and oxygen atoms in total. The van der Waals surface area contributed by atoms with E-state index in [2.05, 4.69) is 40.4 Å². The summed E-state index contributed by atoms with van der Waals surface area (Å²) in [5, 5.41) is 7.09. The van der Waals surface area contributed by atoms with Crippen molar-refractivity contribution in [1.29, 1.82) is 0 Å². The second-order valence-corrected chi connectivity index (χ2v) is 5.12. The summed E-state index contributed by atoms with van der Waals surface area (Å²) < 4.78 is 1.07. The molecule has 0 saturated carbocycles. The molecule has 1 aromatic rings. The van der Waals surface area contributed by atoms with Crippen molar-refractivity contribution >= 4 is 38.9 Å². The van der Waals surface area contributed by atoms with Crippen molar-refractivity contribution in [2.45, 2.75) is 32.7 Å². The van der Waals surface area contributed by atoms with E-state index in [1.807, 2.05) is 24.3 Å². The predicted molar refractivity (Wildman–Crippen MR) is 77.9 cm³/mol. The van der Waals surface area contributed by atoms with Crippen LogP contribution < -0.4 is 10.6 Å². The first-order valence-corrected chi connectivity index (χ1v) is 6.65. The van der Waals surface area contributed by atoms with Crippen LogP contribution in [0.2, 0.25) is 0 Å². The third-order valence-corrected chi connectivity index (χ3v) is 2.95. The van der Waals surface area contributed by atoms with E-state index in [4.69, 9.17) is 12.2 Å². The maximum absolute atomic E-state index is 5.23. The van der Waals surface area contributed by atoms with Crippen molar-refractivity contribution in [3.63, 3.8) is 0 Å². The number of anilines is 1. The fourth-order valence-electron chi connectivity index (χ4n) is 1.43. The summed E-state index contributed by atoms with van der Waals surface area (Å²) >= 11 is 8.62. The first-order valence-electron chi connectivity index (χ1n) is 5.45. The minimum absolute atomic E-state index is 0.417. The molecule has 0 spiro atoms. The van der Waals surface area contributed by atoms with Crippen LogP contribution in [0.5, 0.6) is 0 Å². The molecule has 0 radical (unpaired) electrons. The Balaban J connectivity index is 2.42. The first-order chi connectivity index (χ1) is 7.61. The summed E-state index contributed by atoms with van der Waals surface area (Å²) in [6, 6.07) is 8.37. The van der Waals surface area contributed by atoms with E-state index in [-0.39, 0.29) is 0 Å². The summed E-state index contributed by atoms with van der Waals surface area (Å²) in [4.78, 5) is 0. The summed E-state index contributed by atoms with van der Waals surface area (Å²) in [5.41, 5.74) is 1.00. The van der Waals surface area contributed by atoms with Crippen LogP contribution in [0.3, 0.4) is 0 Å². The maximum atomic E-state index is 5.23. The van der Waals surface area contributed by atoms with E-state index in [0.29, 0.717) is 11.2 Å². The average molecular weight is 301 g/mol. The number of thiocarbonyl (C=S) groups is 1. The Morgan fingerprint density at radius 3 is 2.56 bits per heavy atom. The largest absolute Gasteiger partial charge is 0.360 e. The topological polar surface area (TPSA) is 24.1 Å². The lowest BCUT2D eigenvalue weighted by molar-refractivity contribution is 0.599. The standard InChI is InChI=1S/C12H17BrN2S/c1-3-4-9(2)14-12(16)15-11-7-5-10(13)6-8-11/h5-9H,3-4H2,1-2H3,(H2,14,15,16)/t9-/m1/s1. The van der Waals surface area contributed by atoms with Gasteiger partial charge in [-0.3, -0.25) is 0 Å². The average Bonchev–Trinajstić information content (AvgIpc) is 2.21. The zero-order valence-corrected chi connectivity index (χ0v) is 12.0. The molecule has 0 amide bonds.